The lowest BCUT2D eigenvalue weighted by molar-refractivity contribution is -0.0113. The van der Waals surface area contributed by atoms with Gasteiger partial charge in [-0.15, -0.1) is 0 Å². The second-order valence-corrected chi connectivity index (χ2v) is 6.18. The van der Waals surface area contributed by atoms with Gasteiger partial charge in [0.1, 0.15) is 5.60 Å². The molecule has 0 aromatic carbocycles. The van der Waals surface area contributed by atoms with Crippen molar-refractivity contribution in [1.29, 1.82) is 0 Å². The lowest BCUT2D eigenvalue weighted by Gasteiger charge is -2.37. The number of ether oxygens (including phenoxy) is 2. The first-order chi connectivity index (χ1) is 8.83. The highest BCUT2D eigenvalue weighted by molar-refractivity contribution is 5.68. The van der Waals surface area contributed by atoms with E-state index in [0.717, 1.165) is 12.8 Å². The van der Waals surface area contributed by atoms with Crippen LogP contribution in [0.2, 0.25) is 0 Å². The van der Waals surface area contributed by atoms with Crippen molar-refractivity contribution >= 4 is 6.09 Å². The lowest BCUT2D eigenvalue weighted by atomic mass is 9.91. The average molecular weight is 273 g/mol. The Morgan fingerprint density at radius 3 is 2.68 bits per heavy atom. The number of aliphatic hydroxyl groups excluding tert-OH is 1. The maximum atomic E-state index is 12.0. The van der Waals surface area contributed by atoms with Crippen molar-refractivity contribution in [3.63, 3.8) is 0 Å². The van der Waals surface area contributed by atoms with Crippen LogP contribution >= 0.6 is 0 Å². The van der Waals surface area contributed by atoms with E-state index in [9.17, 15) is 9.90 Å². The summed E-state index contributed by atoms with van der Waals surface area (Å²) in [5.41, 5.74) is -0.474. The molecule has 1 aliphatic heterocycles. The fraction of sp³-hybridized carbons (Fsp3) is 0.929. The third kappa shape index (κ3) is 5.78. The summed E-state index contributed by atoms with van der Waals surface area (Å²) in [6.07, 6.45) is 1.79. The van der Waals surface area contributed by atoms with Gasteiger partial charge in [-0.25, -0.2) is 4.79 Å². The third-order valence-electron chi connectivity index (χ3n) is 3.27. The zero-order valence-electron chi connectivity index (χ0n) is 12.5. The predicted octanol–water partition coefficient (Wildman–Crippen LogP) is 2.03. The van der Waals surface area contributed by atoms with E-state index in [-0.39, 0.29) is 18.1 Å². The molecule has 1 rings (SSSR count). The standard InChI is InChI=1S/C14H27NO4/c1-14(2,3)19-13(17)15-8-7-12(16)11(10-15)6-5-9-18-4/h11-12,16H,5-10H2,1-4H3. The number of piperidine rings is 1. The molecule has 19 heavy (non-hydrogen) atoms. The molecule has 2 unspecified atom stereocenters. The van der Waals surface area contributed by atoms with E-state index in [1.807, 2.05) is 20.8 Å². The maximum Gasteiger partial charge on any atom is 0.410 e. The smallest absolute Gasteiger partial charge is 0.410 e. The van der Waals surface area contributed by atoms with Crippen LogP contribution in [0.3, 0.4) is 0 Å². The van der Waals surface area contributed by atoms with E-state index in [1.54, 1.807) is 12.0 Å². The number of rotatable bonds is 4. The molecule has 1 saturated heterocycles. The predicted molar refractivity (Wildman–Crippen MR) is 73.0 cm³/mol. The summed E-state index contributed by atoms with van der Waals surface area (Å²) < 4.78 is 10.4. The molecule has 1 heterocycles. The van der Waals surface area contributed by atoms with Gasteiger partial charge in [0.15, 0.2) is 0 Å². The number of carbonyl (C=O) groups is 1. The summed E-state index contributed by atoms with van der Waals surface area (Å²) in [6, 6.07) is 0. The molecule has 1 fully saturated rings. The molecule has 112 valence electrons. The van der Waals surface area contributed by atoms with Gasteiger partial charge >= 0.3 is 6.09 Å². The monoisotopic (exact) mass is 273 g/mol. The van der Waals surface area contributed by atoms with Crippen LogP contribution in [0.5, 0.6) is 0 Å². The van der Waals surface area contributed by atoms with Gasteiger partial charge in [-0.2, -0.15) is 0 Å². The summed E-state index contributed by atoms with van der Waals surface area (Å²) in [7, 11) is 1.67. The van der Waals surface area contributed by atoms with Gasteiger partial charge in [-0.3, -0.25) is 0 Å². The number of hydrogen-bond donors (Lipinski definition) is 1. The molecule has 0 aliphatic carbocycles. The summed E-state index contributed by atoms with van der Waals surface area (Å²) >= 11 is 0. The van der Waals surface area contributed by atoms with Gasteiger partial charge < -0.3 is 19.5 Å². The molecule has 1 amide bonds. The topological polar surface area (TPSA) is 59.0 Å². The van der Waals surface area contributed by atoms with Gasteiger partial charge in [0, 0.05) is 32.7 Å². The third-order valence-corrected chi connectivity index (χ3v) is 3.27. The SMILES string of the molecule is COCCCC1CN(C(=O)OC(C)(C)C)CCC1O. The van der Waals surface area contributed by atoms with Crippen LogP contribution in [0, 0.1) is 5.92 Å². The second kappa shape index (κ2) is 7.10. The van der Waals surface area contributed by atoms with Gasteiger partial charge in [-0.1, -0.05) is 0 Å². The van der Waals surface area contributed by atoms with E-state index in [4.69, 9.17) is 9.47 Å². The van der Waals surface area contributed by atoms with Crippen LogP contribution in [0.4, 0.5) is 4.79 Å². The van der Waals surface area contributed by atoms with E-state index in [0.29, 0.717) is 26.1 Å². The fourth-order valence-electron chi connectivity index (χ4n) is 2.29. The first kappa shape index (κ1) is 16.2. The Balaban J connectivity index is 2.46. The lowest BCUT2D eigenvalue weighted by Crippen LogP contribution is -2.47. The van der Waals surface area contributed by atoms with E-state index in [1.165, 1.54) is 0 Å². The molecule has 1 aliphatic rings. The number of hydrogen-bond acceptors (Lipinski definition) is 4. The van der Waals surface area contributed by atoms with E-state index >= 15 is 0 Å². The highest BCUT2D eigenvalue weighted by atomic mass is 16.6. The van der Waals surface area contributed by atoms with E-state index < -0.39 is 5.60 Å². The molecule has 0 aromatic rings. The number of amides is 1. The molecular formula is C14H27NO4. The number of likely N-dealkylation sites (tertiary alicyclic amines) is 1. The van der Waals surface area contributed by atoms with Crippen molar-refractivity contribution in [3.8, 4) is 0 Å². The van der Waals surface area contributed by atoms with Gasteiger partial charge in [0.25, 0.3) is 0 Å². The zero-order valence-corrected chi connectivity index (χ0v) is 12.5. The van der Waals surface area contributed by atoms with Gasteiger partial charge in [0.2, 0.25) is 0 Å². The second-order valence-electron chi connectivity index (χ2n) is 6.18. The molecule has 5 nitrogen and oxygen atoms in total. The quantitative estimate of drug-likeness (QED) is 0.796. The Morgan fingerprint density at radius 1 is 1.42 bits per heavy atom. The Kier molecular flexibility index (Phi) is 6.07. The normalized spacial score (nSPS) is 24.4. The van der Waals surface area contributed by atoms with Gasteiger partial charge in [0.05, 0.1) is 6.10 Å². The molecular weight excluding hydrogens is 246 g/mol. The minimum atomic E-state index is -0.474. The summed E-state index contributed by atoms with van der Waals surface area (Å²) in [5, 5.41) is 9.98. The van der Waals surface area contributed by atoms with Crippen molar-refractivity contribution < 1.29 is 19.4 Å². The first-order valence-corrected chi connectivity index (χ1v) is 6.98. The maximum absolute atomic E-state index is 12.0. The molecule has 2 atom stereocenters. The van der Waals surface area contributed by atoms with Crippen LogP contribution < -0.4 is 0 Å². The van der Waals surface area contributed by atoms with Crippen molar-refractivity contribution in [3.05, 3.63) is 0 Å². The fourth-order valence-corrected chi connectivity index (χ4v) is 2.29. The Hall–Kier alpha value is -0.810. The van der Waals surface area contributed by atoms with Crippen LogP contribution in [-0.2, 0) is 9.47 Å². The molecule has 5 heteroatoms. The van der Waals surface area contributed by atoms with Gasteiger partial charge in [-0.05, 0) is 40.0 Å². The molecule has 0 aromatic heterocycles. The van der Waals surface area contributed by atoms with Crippen molar-refractivity contribution in [2.45, 2.75) is 51.7 Å². The number of nitrogens with zero attached hydrogens (tertiary/aromatic N) is 1. The van der Waals surface area contributed by atoms with E-state index in [2.05, 4.69) is 0 Å². The van der Waals surface area contributed by atoms with Crippen molar-refractivity contribution in [1.82, 2.24) is 4.90 Å². The number of aliphatic hydroxyl groups is 1. The molecule has 0 saturated carbocycles. The molecule has 1 N–H and O–H groups in total. The zero-order chi connectivity index (χ0) is 14.5. The minimum absolute atomic E-state index is 0.122. The van der Waals surface area contributed by atoms with Crippen LogP contribution in [0.15, 0.2) is 0 Å². The summed E-state index contributed by atoms with van der Waals surface area (Å²) in [5.74, 6) is 0.122. The Morgan fingerprint density at radius 2 is 2.11 bits per heavy atom. The number of carbonyl (C=O) groups excluding carboxylic acids is 1. The van der Waals surface area contributed by atoms with Crippen molar-refractivity contribution in [2.24, 2.45) is 5.92 Å². The summed E-state index contributed by atoms with van der Waals surface area (Å²) in [4.78, 5) is 13.7. The average Bonchev–Trinajstić information content (AvgIpc) is 2.29. The largest absolute Gasteiger partial charge is 0.444 e. The number of methoxy groups -OCH3 is 1. The molecule has 0 bridgehead atoms. The first-order valence-electron chi connectivity index (χ1n) is 6.98. The Labute approximate surface area is 115 Å². The Bertz CT molecular complexity index is 288. The van der Waals surface area contributed by atoms with Crippen molar-refractivity contribution in [2.75, 3.05) is 26.8 Å². The highest BCUT2D eigenvalue weighted by Crippen LogP contribution is 2.23. The molecule has 0 radical (unpaired) electrons. The van der Waals surface area contributed by atoms with Crippen LogP contribution in [0.1, 0.15) is 40.0 Å². The van der Waals surface area contributed by atoms with Crippen LogP contribution in [0.25, 0.3) is 0 Å². The highest BCUT2D eigenvalue weighted by Gasteiger charge is 2.32. The minimum Gasteiger partial charge on any atom is -0.444 e. The summed E-state index contributed by atoms with van der Waals surface area (Å²) in [6.45, 7) is 7.41. The molecule has 0 spiro atoms. The van der Waals surface area contributed by atoms with Crippen LogP contribution in [-0.4, -0.2) is 54.6 Å².